The molecule has 1 aromatic carbocycles. The highest BCUT2D eigenvalue weighted by molar-refractivity contribution is 5.55. The quantitative estimate of drug-likeness (QED) is 0.934. The summed E-state index contributed by atoms with van der Waals surface area (Å²) in [5.41, 5.74) is 2.38. The molecule has 0 aliphatic rings. The molecule has 2 rings (SSSR count). The standard InChI is InChI=1S/C14H12F2N4/c1-8-9(2)19-20-14(11(8)6-17)18-7-10-3-4-12(15)13(16)5-10/h3-5H,7H2,1-2H3,(H,18,20). The Kier molecular flexibility index (Phi) is 3.89. The summed E-state index contributed by atoms with van der Waals surface area (Å²) in [5.74, 6) is -1.46. The van der Waals surface area contributed by atoms with Crippen molar-refractivity contribution >= 4 is 5.82 Å². The van der Waals surface area contributed by atoms with Crippen LogP contribution in [0.3, 0.4) is 0 Å². The number of anilines is 1. The second-order valence-electron chi connectivity index (χ2n) is 4.35. The van der Waals surface area contributed by atoms with E-state index in [2.05, 4.69) is 21.6 Å². The van der Waals surface area contributed by atoms with Crippen molar-refractivity contribution in [2.24, 2.45) is 0 Å². The number of nitriles is 1. The lowest BCUT2D eigenvalue weighted by Gasteiger charge is -2.09. The molecule has 0 aliphatic heterocycles. The number of halogens is 2. The predicted molar refractivity (Wildman–Crippen MR) is 69.9 cm³/mol. The number of nitrogens with zero attached hydrogens (tertiary/aromatic N) is 3. The first-order valence-electron chi connectivity index (χ1n) is 5.94. The smallest absolute Gasteiger partial charge is 0.167 e. The van der Waals surface area contributed by atoms with Crippen molar-refractivity contribution in [1.82, 2.24) is 10.2 Å². The van der Waals surface area contributed by atoms with Crippen LogP contribution in [0, 0.1) is 36.8 Å². The molecule has 0 spiro atoms. The van der Waals surface area contributed by atoms with Gasteiger partial charge < -0.3 is 5.32 Å². The van der Waals surface area contributed by atoms with Crippen LogP contribution in [0.25, 0.3) is 0 Å². The maximum absolute atomic E-state index is 13.1. The van der Waals surface area contributed by atoms with Crippen LogP contribution >= 0.6 is 0 Å². The molecule has 0 saturated heterocycles. The van der Waals surface area contributed by atoms with Gasteiger partial charge in [-0.25, -0.2) is 8.78 Å². The van der Waals surface area contributed by atoms with Crippen LogP contribution in [0.2, 0.25) is 0 Å². The summed E-state index contributed by atoms with van der Waals surface area (Å²) in [5, 5.41) is 19.9. The van der Waals surface area contributed by atoms with E-state index >= 15 is 0 Å². The molecule has 20 heavy (non-hydrogen) atoms. The van der Waals surface area contributed by atoms with Gasteiger partial charge in [-0.05, 0) is 37.1 Å². The zero-order valence-corrected chi connectivity index (χ0v) is 11.0. The fourth-order valence-electron chi connectivity index (χ4n) is 1.70. The Morgan fingerprint density at radius 1 is 1.20 bits per heavy atom. The van der Waals surface area contributed by atoms with Crippen molar-refractivity contribution in [1.29, 1.82) is 5.26 Å². The van der Waals surface area contributed by atoms with Gasteiger partial charge in [0.1, 0.15) is 11.6 Å². The van der Waals surface area contributed by atoms with Crippen molar-refractivity contribution < 1.29 is 8.78 Å². The van der Waals surface area contributed by atoms with Gasteiger partial charge in [0.2, 0.25) is 0 Å². The van der Waals surface area contributed by atoms with Gasteiger partial charge >= 0.3 is 0 Å². The largest absolute Gasteiger partial charge is 0.363 e. The summed E-state index contributed by atoms with van der Waals surface area (Å²) >= 11 is 0. The Morgan fingerprint density at radius 2 is 1.95 bits per heavy atom. The zero-order chi connectivity index (χ0) is 14.7. The van der Waals surface area contributed by atoms with Gasteiger partial charge in [-0.2, -0.15) is 10.4 Å². The van der Waals surface area contributed by atoms with E-state index in [1.165, 1.54) is 6.07 Å². The van der Waals surface area contributed by atoms with Gasteiger partial charge in [0.05, 0.1) is 5.69 Å². The Hall–Kier alpha value is -2.55. The highest BCUT2D eigenvalue weighted by Gasteiger charge is 2.10. The number of aryl methyl sites for hydroxylation is 1. The molecule has 0 fully saturated rings. The molecule has 0 unspecified atom stereocenters. The van der Waals surface area contributed by atoms with Gasteiger partial charge in [-0.1, -0.05) is 6.07 Å². The first-order chi connectivity index (χ1) is 9.52. The minimum atomic E-state index is -0.907. The average molecular weight is 274 g/mol. The Morgan fingerprint density at radius 3 is 2.60 bits per heavy atom. The van der Waals surface area contributed by atoms with Gasteiger partial charge in [-0.15, -0.1) is 5.10 Å². The van der Waals surface area contributed by atoms with Crippen molar-refractivity contribution in [2.75, 3.05) is 5.32 Å². The van der Waals surface area contributed by atoms with Crippen LogP contribution in [0.4, 0.5) is 14.6 Å². The Labute approximate surface area is 115 Å². The number of nitrogens with one attached hydrogen (secondary N) is 1. The molecular formula is C14H12F2N4. The molecule has 0 saturated carbocycles. The van der Waals surface area contributed by atoms with E-state index in [4.69, 9.17) is 5.26 Å². The van der Waals surface area contributed by atoms with Crippen LogP contribution in [0.5, 0.6) is 0 Å². The number of hydrogen-bond donors (Lipinski definition) is 1. The maximum Gasteiger partial charge on any atom is 0.167 e. The monoisotopic (exact) mass is 274 g/mol. The second kappa shape index (κ2) is 5.61. The van der Waals surface area contributed by atoms with Crippen molar-refractivity contribution in [3.63, 3.8) is 0 Å². The van der Waals surface area contributed by atoms with E-state index in [1.54, 1.807) is 13.8 Å². The summed E-state index contributed by atoms with van der Waals surface area (Å²) < 4.78 is 25.9. The van der Waals surface area contributed by atoms with E-state index < -0.39 is 11.6 Å². The SMILES string of the molecule is Cc1nnc(NCc2ccc(F)c(F)c2)c(C#N)c1C. The van der Waals surface area contributed by atoms with Crippen molar-refractivity contribution in [2.45, 2.75) is 20.4 Å². The van der Waals surface area contributed by atoms with E-state index in [-0.39, 0.29) is 6.54 Å². The molecular weight excluding hydrogens is 262 g/mol. The van der Waals surface area contributed by atoms with Gasteiger partial charge in [0, 0.05) is 6.54 Å². The summed E-state index contributed by atoms with van der Waals surface area (Å²) in [4.78, 5) is 0. The van der Waals surface area contributed by atoms with Crippen LogP contribution < -0.4 is 5.32 Å². The van der Waals surface area contributed by atoms with Crippen molar-refractivity contribution in [3.05, 3.63) is 52.2 Å². The zero-order valence-electron chi connectivity index (χ0n) is 11.0. The summed E-state index contributed by atoms with van der Waals surface area (Å²) in [6.45, 7) is 3.77. The van der Waals surface area contributed by atoms with Crippen LogP contribution in [-0.4, -0.2) is 10.2 Å². The van der Waals surface area contributed by atoms with E-state index in [9.17, 15) is 8.78 Å². The Bertz CT molecular complexity index is 692. The number of aromatic nitrogens is 2. The molecule has 102 valence electrons. The summed E-state index contributed by atoms with van der Waals surface area (Å²) in [6.07, 6.45) is 0. The van der Waals surface area contributed by atoms with E-state index in [1.807, 2.05) is 0 Å². The van der Waals surface area contributed by atoms with Crippen LogP contribution in [-0.2, 0) is 6.54 Å². The lowest BCUT2D eigenvalue weighted by molar-refractivity contribution is 0.507. The first-order valence-corrected chi connectivity index (χ1v) is 5.94. The third-order valence-electron chi connectivity index (χ3n) is 3.01. The van der Waals surface area contributed by atoms with Crippen molar-refractivity contribution in [3.8, 4) is 6.07 Å². The molecule has 1 aromatic heterocycles. The minimum absolute atomic E-state index is 0.225. The molecule has 0 bridgehead atoms. The fraction of sp³-hybridized carbons (Fsp3) is 0.214. The minimum Gasteiger partial charge on any atom is -0.363 e. The summed E-state index contributed by atoms with van der Waals surface area (Å²) in [6, 6.07) is 5.69. The van der Waals surface area contributed by atoms with E-state index in [0.717, 1.165) is 17.7 Å². The number of benzene rings is 1. The molecule has 2 aromatic rings. The third-order valence-corrected chi connectivity index (χ3v) is 3.01. The molecule has 0 amide bonds. The van der Waals surface area contributed by atoms with E-state index in [0.29, 0.717) is 22.6 Å². The molecule has 4 nitrogen and oxygen atoms in total. The first kappa shape index (κ1) is 13.9. The normalized spacial score (nSPS) is 10.2. The lowest BCUT2D eigenvalue weighted by atomic mass is 10.1. The average Bonchev–Trinajstić information content (AvgIpc) is 2.44. The lowest BCUT2D eigenvalue weighted by Crippen LogP contribution is -2.07. The van der Waals surface area contributed by atoms with Crippen LogP contribution in [0.1, 0.15) is 22.4 Å². The molecule has 0 radical (unpaired) electrons. The molecule has 0 aliphatic carbocycles. The van der Waals surface area contributed by atoms with Gasteiger partial charge in [0.25, 0.3) is 0 Å². The Balaban J connectivity index is 2.21. The number of hydrogen-bond acceptors (Lipinski definition) is 4. The third kappa shape index (κ3) is 2.72. The highest BCUT2D eigenvalue weighted by atomic mass is 19.2. The highest BCUT2D eigenvalue weighted by Crippen LogP contribution is 2.18. The number of rotatable bonds is 3. The van der Waals surface area contributed by atoms with Gasteiger partial charge in [-0.3, -0.25) is 0 Å². The molecule has 0 atom stereocenters. The maximum atomic E-state index is 13.1. The topological polar surface area (TPSA) is 61.6 Å². The summed E-state index contributed by atoms with van der Waals surface area (Å²) in [7, 11) is 0. The molecule has 6 heteroatoms. The van der Waals surface area contributed by atoms with Gasteiger partial charge in [0.15, 0.2) is 17.5 Å². The molecule has 1 N–H and O–H groups in total. The molecule has 1 heterocycles. The van der Waals surface area contributed by atoms with Crippen LogP contribution in [0.15, 0.2) is 18.2 Å². The second-order valence-corrected chi connectivity index (χ2v) is 4.35. The fourth-order valence-corrected chi connectivity index (χ4v) is 1.70. The predicted octanol–water partition coefficient (Wildman–Crippen LogP) is 2.86.